The molecule has 2 aliphatic rings. The zero-order chi connectivity index (χ0) is 22.7. The predicted molar refractivity (Wildman–Crippen MR) is 101 cm³/mol. The number of rotatable bonds is 6. The molecule has 12 nitrogen and oxygen atoms in total. The second kappa shape index (κ2) is 9.98. The molecular formula is C18H31N3O9. The molecule has 2 heterocycles. The van der Waals surface area contributed by atoms with Crippen LogP contribution in [0.1, 0.15) is 34.6 Å². The summed E-state index contributed by atoms with van der Waals surface area (Å²) < 4.78 is 17.1. The zero-order valence-electron chi connectivity index (χ0n) is 17.6. The van der Waals surface area contributed by atoms with E-state index in [0.717, 1.165) is 0 Å². The average Bonchev–Trinajstić information content (AvgIpc) is 2.90. The number of aliphatic hydroxyl groups excluding tert-OH is 3. The molecule has 172 valence electrons. The van der Waals surface area contributed by atoms with E-state index in [9.17, 15) is 29.7 Å². The molecule has 0 aromatic heterocycles. The number of carbonyl (C=O) groups excluding carboxylic acids is 3. The highest BCUT2D eigenvalue weighted by molar-refractivity contribution is 5.74. The molecule has 2 saturated heterocycles. The molecule has 0 radical (unpaired) electrons. The lowest BCUT2D eigenvalue weighted by Crippen LogP contribution is -2.68. The van der Waals surface area contributed by atoms with Crippen molar-refractivity contribution in [3.63, 3.8) is 0 Å². The number of nitrogens with one attached hydrogen (secondary N) is 3. The quantitative estimate of drug-likeness (QED) is 0.256. The average molecular weight is 433 g/mol. The Hall–Kier alpha value is -1.83. The summed E-state index contributed by atoms with van der Waals surface area (Å²) in [6.45, 7) is 6.83. The van der Waals surface area contributed by atoms with Gasteiger partial charge in [-0.2, -0.15) is 0 Å². The van der Waals surface area contributed by atoms with Gasteiger partial charge in [0.2, 0.25) is 17.7 Å². The first-order valence-electron chi connectivity index (χ1n) is 9.74. The van der Waals surface area contributed by atoms with Crippen molar-refractivity contribution < 1.29 is 43.9 Å². The topological polar surface area (TPSA) is 176 Å². The van der Waals surface area contributed by atoms with E-state index in [-0.39, 0.29) is 5.91 Å². The van der Waals surface area contributed by atoms with Gasteiger partial charge in [0.25, 0.3) is 0 Å². The number of hydrogen-bond donors (Lipinski definition) is 6. The lowest BCUT2D eigenvalue weighted by molar-refractivity contribution is -0.261. The Morgan fingerprint density at radius 3 is 1.90 bits per heavy atom. The van der Waals surface area contributed by atoms with E-state index in [1.165, 1.54) is 27.7 Å². The molecule has 0 saturated carbocycles. The van der Waals surface area contributed by atoms with Crippen molar-refractivity contribution in [2.75, 3.05) is 0 Å². The van der Waals surface area contributed by atoms with Crippen molar-refractivity contribution in [2.45, 2.75) is 95.8 Å². The molecule has 12 heteroatoms. The Morgan fingerprint density at radius 2 is 1.40 bits per heavy atom. The third-order valence-corrected chi connectivity index (χ3v) is 5.04. The number of carbonyl (C=O) groups is 3. The fraction of sp³-hybridized carbons (Fsp3) is 0.833. The van der Waals surface area contributed by atoms with Crippen LogP contribution in [0.5, 0.6) is 0 Å². The maximum Gasteiger partial charge on any atom is 0.217 e. The SMILES string of the molecule is CC(=O)N[C@H]1[C@H](O[C@H]2[C@H](NC(C)=O)[C@H](O)O[C@@H]2[C@H](C)O)O[C@H](C)[C@@H](NC(C)=O)[C@@H]1O. The minimum atomic E-state index is -1.45. The maximum absolute atomic E-state index is 11.7. The van der Waals surface area contributed by atoms with E-state index < -0.39 is 73.0 Å². The van der Waals surface area contributed by atoms with Crippen molar-refractivity contribution in [3.8, 4) is 0 Å². The van der Waals surface area contributed by atoms with Crippen LogP contribution in [0.2, 0.25) is 0 Å². The molecule has 2 fully saturated rings. The summed E-state index contributed by atoms with van der Waals surface area (Å²) in [5, 5.41) is 38.7. The Kier molecular flexibility index (Phi) is 8.13. The van der Waals surface area contributed by atoms with E-state index in [0.29, 0.717) is 0 Å². The lowest BCUT2D eigenvalue weighted by atomic mass is 9.94. The van der Waals surface area contributed by atoms with Crippen LogP contribution in [-0.4, -0.2) is 94.3 Å². The van der Waals surface area contributed by atoms with Crippen molar-refractivity contribution >= 4 is 17.7 Å². The van der Waals surface area contributed by atoms with Gasteiger partial charge in [-0.15, -0.1) is 0 Å². The fourth-order valence-electron chi connectivity index (χ4n) is 3.77. The van der Waals surface area contributed by atoms with Gasteiger partial charge in [0, 0.05) is 20.8 Å². The summed E-state index contributed by atoms with van der Waals surface area (Å²) in [5.41, 5.74) is 0. The largest absolute Gasteiger partial charge is 0.391 e. The monoisotopic (exact) mass is 433 g/mol. The Bertz CT molecular complexity index is 646. The van der Waals surface area contributed by atoms with Gasteiger partial charge in [-0.1, -0.05) is 0 Å². The van der Waals surface area contributed by atoms with Crippen molar-refractivity contribution in [1.82, 2.24) is 16.0 Å². The summed E-state index contributed by atoms with van der Waals surface area (Å²) in [7, 11) is 0. The van der Waals surface area contributed by atoms with Gasteiger partial charge in [0.15, 0.2) is 12.6 Å². The smallest absolute Gasteiger partial charge is 0.217 e. The summed E-state index contributed by atoms with van der Waals surface area (Å²) in [5.74, 6) is -1.31. The normalized spacial score (nSPS) is 39.8. The zero-order valence-corrected chi connectivity index (χ0v) is 17.6. The van der Waals surface area contributed by atoms with Crippen molar-refractivity contribution in [2.24, 2.45) is 0 Å². The van der Waals surface area contributed by atoms with Gasteiger partial charge in [-0.3, -0.25) is 14.4 Å². The molecule has 0 aromatic rings. The molecule has 0 aliphatic carbocycles. The third kappa shape index (κ3) is 5.65. The minimum absolute atomic E-state index is 0.386. The van der Waals surface area contributed by atoms with Crippen LogP contribution in [0.15, 0.2) is 0 Å². The highest BCUT2D eigenvalue weighted by Crippen LogP contribution is 2.30. The second-order valence-corrected chi connectivity index (χ2v) is 7.71. The summed E-state index contributed by atoms with van der Waals surface area (Å²) in [4.78, 5) is 34.7. The molecule has 0 unspecified atom stereocenters. The summed E-state index contributed by atoms with van der Waals surface area (Å²) in [6.07, 6.45) is -7.77. The Morgan fingerprint density at radius 1 is 0.900 bits per heavy atom. The molecular weight excluding hydrogens is 402 g/mol. The predicted octanol–water partition coefficient (Wildman–Crippen LogP) is -2.91. The van der Waals surface area contributed by atoms with Crippen LogP contribution in [0.3, 0.4) is 0 Å². The highest BCUT2D eigenvalue weighted by Gasteiger charge is 2.52. The summed E-state index contributed by atoms with van der Waals surface area (Å²) >= 11 is 0. The van der Waals surface area contributed by atoms with E-state index in [1.54, 1.807) is 6.92 Å². The van der Waals surface area contributed by atoms with Crippen LogP contribution < -0.4 is 16.0 Å². The van der Waals surface area contributed by atoms with E-state index >= 15 is 0 Å². The van der Waals surface area contributed by atoms with Gasteiger partial charge in [0.05, 0.1) is 18.2 Å². The number of ether oxygens (including phenoxy) is 3. The van der Waals surface area contributed by atoms with Crippen molar-refractivity contribution in [3.05, 3.63) is 0 Å². The van der Waals surface area contributed by atoms with Gasteiger partial charge in [-0.25, -0.2) is 0 Å². The molecule has 2 rings (SSSR count). The lowest BCUT2D eigenvalue weighted by Gasteiger charge is -2.45. The second-order valence-electron chi connectivity index (χ2n) is 7.71. The Balaban J connectivity index is 2.29. The van der Waals surface area contributed by atoms with E-state index in [4.69, 9.17) is 14.2 Å². The molecule has 3 amide bonds. The molecule has 0 bridgehead atoms. The molecule has 0 aromatic carbocycles. The van der Waals surface area contributed by atoms with E-state index in [1.807, 2.05) is 0 Å². The van der Waals surface area contributed by atoms with Gasteiger partial charge < -0.3 is 45.5 Å². The van der Waals surface area contributed by atoms with Crippen molar-refractivity contribution in [1.29, 1.82) is 0 Å². The first-order valence-corrected chi connectivity index (χ1v) is 9.74. The highest BCUT2D eigenvalue weighted by atomic mass is 16.7. The number of aliphatic hydroxyl groups is 3. The molecule has 6 N–H and O–H groups in total. The van der Waals surface area contributed by atoms with Crippen LogP contribution in [0.4, 0.5) is 0 Å². The van der Waals surface area contributed by atoms with Gasteiger partial charge >= 0.3 is 0 Å². The van der Waals surface area contributed by atoms with Crippen LogP contribution in [-0.2, 0) is 28.6 Å². The van der Waals surface area contributed by atoms with Gasteiger partial charge in [0.1, 0.15) is 30.4 Å². The molecule has 2 aliphatic heterocycles. The number of hydrogen-bond acceptors (Lipinski definition) is 9. The standard InChI is InChI=1S/C18H31N3O9/c1-6(22)15-16(13(17(27)29-15)21-10(5)25)30-18-12(20-9(4)24)14(26)11(7(2)28-18)19-8(3)23/h6-7,11-18,22,26-27H,1-5H3,(H,19,23)(H,20,24)(H,21,25)/t6-,7+,11+,12+,13-,14-,15+,16-,17+,18-/m0/s1. The first-order chi connectivity index (χ1) is 13.9. The van der Waals surface area contributed by atoms with Crippen LogP contribution in [0, 0.1) is 0 Å². The van der Waals surface area contributed by atoms with Crippen LogP contribution in [0.25, 0.3) is 0 Å². The van der Waals surface area contributed by atoms with Crippen LogP contribution >= 0.6 is 0 Å². The fourth-order valence-corrected chi connectivity index (χ4v) is 3.77. The summed E-state index contributed by atoms with van der Waals surface area (Å²) in [6, 6.07) is -2.92. The molecule has 30 heavy (non-hydrogen) atoms. The van der Waals surface area contributed by atoms with E-state index in [2.05, 4.69) is 16.0 Å². The minimum Gasteiger partial charge on any atom is -0.391 e. The molecule has 0 spiro atoms. The van der Waals surface area contributed by atoms with Gasteiger partial charge in [-0.05, 0) is 13.8 Å². The molecule has 10 atom stereocenters. The maximum atomic E-state index is 11.7. The Labute approximate surface area is 174 Å². The number of amides is 3. The third-order valence-electron chi connectivity index (χ3n) is 5.04. The first kappa shape index (κ1) is 24.4.